The van der Waals surface area contributed by atoms with E-state index in [9.17, 15) is 0 Å². The van der Waals surface area contributed by atoms with Crippen molar-refractivity contribution in [2.75, 3.05) is 9.80 Å². The molecule has 10 aromatic rings. The molecule has 2 nitrogen and oxygen atoms in total. The Morgan fingerprint density at radius 1 is 0.207 bits per heavy atom. The number of nitrogens with zero attached hydrogens (tertiary/aromatic N) is 2. The van der Waals surface area contributed by atoms with Gasteiger partial charge in [-0.1, -0.05) is 164 Å². The fourth-order valence-electron chi connectivity index (χ4n) is 8.09. The highest BCUT2D eigenvalue weighted by Gasteiger charge is 2.16. The summed E-state index contributed by atoms with van der Waals surface area (Å²) in [6.45, 7) is 0. The molecule has 0 fully saturated rings. The van der Waals surface area contributed by atoms with Gasteiger partial charge in [-0.3, -0.25) is 0 Å². The van der Waals surface area contributed by atoms with Crippen LogP contribution in [-0.2, 0) is 0 Å². The van der Waals surface area contributed by atoms with Crippen LogP contribution in [0.1, 0.15) is 0 Å². The van der Waals surface area contributed by atoms with Gasteiger partial charge in [-0.2, -0.15) is 0 Å². The van der Waals surface area contributed by atoms with Crippen LogP contribution in [0.25, 0.3) is 54.9 Å². The van der Waals surface area contributed by atoms with Crippen LogP contribution >= 0.6 is 0 Å². The fraction of sp³-hybridized carbons (Fsp3) is 0. The van der Waals surface area contributed by atoms with E-state index < -0.39 is 0 Å². The maximum absolute atomic E-state index is 2.34. The van der Waals surface area contributed by atoms with Gasteiger partial charge >= 0.3 is 0 Å². The summed E-state index contributed by atoms with van der Waals surface area (Å²) in [5.74, 6) is 0. The van der Waals surface area contributed by atoms with Crippen molar-refractivity contribution in [1.29, 1.82) is 0 Å². The zero-order valence-corrected chi connectivity index (χ0v) is 32.0. The van der Waals surface area contributed by atoms with Gasteiger partial charge in [0, 0.05) is 34.1 Å². The number of benzene rings is 10. The SMILES string of the molecule is c1ccc(-c2ccc(N(c3ccccc3)c3ccc(-c4cccc5ccc(-c6ccc(N(c7ccccc7)c7ccc8ccccc8c7)cc6)cc45)cc3)cc2)cc1. The lowest BCUT2D eigenvalue weighted by Gasteiger charge is -2.26. The lowest BCUT2D eigenvalue weighted by molar-refractivity contribution is 1.28. The molecule has 0 aliphatic rings. The maximum Gasteiger partial charge on any atom is 0.0468 e. The first-order valence-electron chi connectivity index (χ1n) is 19.8. The van der Waals surface area contributed by atoms with Gasteiger partial charge in [-0.05, 0) is 134 Å². The molecule has 0 N–H and O–H groups in total. The van der Waals surface area contributed by atoms with Crippen LogP contribution in [0.15, 0.2) is 243 Å². The minimum Gasteiger partial charge on any atom is -0.311 e. The number of rotatable bonds is 9. The first kappa shape index (κ1) is 34.8. The van der Waals surface area contributed by atoms with E-state index in [0.29, 0.717) is 0 Å². The van der Waals surface area contributed by atoms with Gasteiger partial charge in [0.15, 0.2) is 0 Å². The average Bonchev–Trinajstić information content (AvgIpc) is 3.30. The minimum atomic E-state index is 1.11. The molecule has 0 aromatic heterocycles. The standard InChI is InChI=1S/C56H40N2/c1-4-13-41(14-5-1)43-25-32-51(33-26-43)57(49-18-6-2-7-19-49)52-36-30-46(31-37-52)55-22-12-17-45-23-24-48(40-56(45)55)44-27-34-53(35-28-44)58(50-20-8-3-9-21-50)54-38-29-42-15-10-11-16-47(42)39-54/h1-40H. The van der Waals surface area contributed by atoms with Crippen molar-refractivity contribution in [3.63, 3.8) is 0 Å². The Morgan fingerprint density at radius 3 is 1.21 bits per heavy atom. The molecule has 10 rings (SSSR count). The second-order valence-corrected chi connectivity index (χ2v) is 14.6. The van der Waals surface area contributed by atoms with Gasteiger partial charge in [0.25, 0.3) is 0 Å². The van der Waals surface area contributed by atoms with Gasteiger partial charge < -0.3 is 9.80 Å². The summed E-state index contributed by atoms with van der Waals surface area (Å²) in [7, 11) is 0. The van der Waals surface area contributed by atoms with Crippen molar-refractivity contribution in [1.82, 2.24) is 0 Å². The smallest absolute Gasteiger partial charge is 0.0468 e. The maximum atomic E-state index is 2.34. The molecular weight excluding hydrogens is 701 g/mol. The third-order valence-corrected chi connectivity index (χ3v) is 11.0. The van der Waals surface area contributed by atoms with Gasteiger partial charge in [0.2, 0.25) is 0 Å². The van der Waals surface area contributed by atoms with E-state index in [2.05, 4.69) is 252 Å². The van der Waals surface area contributed by atoms with E-state index >= 15 is 0 Å². The second-order valence-electron chi connectivity index (χ2n) is 14.6. The number of anilines is 6. The molecule has 0 aliphatic carbocycles. The Balaban J connectivity index is 0.970. The van der Waals surface area contributed by atoms with E-state index in [1.54, 1.807) is 0 Å². The van der Waals surface area contributed by atoms with E-state index in [4.69, 9.17) is 0 Å². The Bertz CT molecular complexity index is 2960. The molecule has 274 valence electrons. The van der Waals surface area contributed by atoms with Crippen LogP contribution in [0.3, 0.4) is 0 Å². The summed E-state index contributed by atoms with van der Waals surface area (Å²) in [6, 6.07) is 87.2. The molecule has 0 bridgehead atoms. The molecular formula is C56H40N2. The number of hydrogen-bond donors (Lipinski definition) is 0. The predicted octanol–water partition coefficient (Wildman–Crippen LogP) is 15.9. The highest BCUT2D eigenvalue weighted by atomic mass is 15.1. The van der Waals surface area contributed by atoms with Crippen molar-refractivity contribution in [2.24, 2.45) is 0 Å². The Hall–Kier alpha value is -7.68. The summed E-state index contributed by atoms with van der Waals surface area (Å²) in [4.78, 5) is 4.65. The highest BCUT2D eigenvalue weighted by Crippen LogP contribution is 2.40. The largest absolute Gasteiger partial charge is 0.311 e. The molecule has 0 aliphatic heterocycles. The van der Waals surface area contributed by atoms with Gasteiger partial charge in [0.05, 0.1) is 0 Å². The fourth-order valence-corrected chi connectivity index (χ4v) is 8.09. The third-order valence-electron chi connectivity index (χ3n) is 11.0. The van der Waals surface area contributed by atoms with Crippen LogP contribution < -0.4 is 9.80 Å². The molecule has 0 saturated carbocycles. The van der Waals surface area contributed by atoms with Gasteiger partial charge in [-0.25, -0.2) is 0 Å². The first-order chi connectivity index (χ1) is 28.7. The molecule has 2 heteroatoms. The molecule has 0 unspecified atom stereocenters. The molecule has 0 saturated heterocycles. The summed E-state index contributed by atoms with van der Waals surface area (Å²) in [5.41, 5.74) is 13.9. The number of hydrogen-bond acceptors (Lipinski definition) is 2. The molecule has 58 heavy (non-hydrogen) atoms. The number of fused-ring (bicyclic) bond motifs is 2. The average molecular weight is 741 g/mol. The van der Waals surface area contributed by atoms with Gasteiger partial charge in [0.1, 0.15) is 0 Å². The topological polar surface area (TPSA) is 6.48 Å². The van der Waals surface area contributed by atoms with Crippen molar-refractivity contribution in [2.45, 2.75) is 0 Å². The molecule has 0 radical (unpaired) electrons. The van der Waals surface area contributed by atoms with E-state index in [0.717, 1.165) is 34.1 Å². The lowest BCUT2D eigenvalue weighted by Crippen LogP contribution is -2.09. The molecule has 0 spiro atoms. The third kappa shape index (κ3) is 6.89. The number of para-hydroxylation sites is 2. The predicted molar refractivity (Wildman–Crippen MR) is 247 cm³/mol. The van der Waals surface area contributed by atoms with E-state index in [1.165, 1.54) is 54.9 Å². The van der Waals surface area contributed by atoms with Crippen LogP contribution in [0.4, 0.5) is 34.1 Å². The first-order valence-corrected chi connectivity index (χ1v) is 19.8. The van der Waals surface area contributed by atoms with Gasteiger partial charge in [-0.15, -0.1) is 0 Å². The van der Waals surface area contributed by atoms with Crippen molar-refractivity contribution in [3.05, 3.63) is 243 Å². The zero-order valence-electron chi connectivity index (χ0n) is 32.0. The normalized spacial score (nSPS) is 11.1. The van der Waals surface area contributed by atoms with Crippen molar-refractivity contribution < 1.29 is 0 Å². The Labute approximate surface area is 340 Å². The van der Waals surface area contributed by atoms with Crippen molar-refractivity contribution >= 4 is 55.7 Å². The monoisotopic (exact) mass is 740 g/mol. The quantitative estimate of drug-likeness (QED) is 0.145. The lowest BCUT2D eigenvalue weighted by atomic mass is 9.94. The summed E-state index contributed by atoms with van der Waals surface area (Å²) in [5, 5.41) is 4.91. The van der Waals surface area contributed by atoms with Crippen LogP contribution in [0.5, 0.6) is 0 Å². The van der Waals surface area contributed by atoms with Crippen LogP contribution in [-0.4, -0.2) is 0 Å². The molecule has 0 amide bonds. The Kier molecular flexibility index (Phi) is 9.27. The summed E-state index contributed by atoms with van der Waals surface area (Å²) in [6.07, 6.45) is 0. The second kappa shape index (κ2) is 15.5. The summed E-state index contributed by atoms with van der Waals surface area (Å²) < 4.78 is 0. The molecule has 0 heterocycles. The molecule has 10 aromatic carbocycles. The van der Waals surface area contributed by atoms with Crippen molar-refractivity contribution in [3.8, 4) is 33.4 Å². The summed E-state index contributed by atoms with van der Waals surface area (Å²) >= 11 is 0. The van der Waals surface area contributed by atoms with E-state index in [-0.39, 0.29) is 0 Å². The molecule has 0 atom stereocenters. The zero-order chi connectivity index (χ0) is 38.7. The van der Waals surface area contributed by atoms with Crippen LogP contribution in [0, 0.1) is 0 Å². The highest BCUT2D eigenvalue weighted by molar-refractivity contribution is 5.99. The van der Waals surface area contributed by atoms with E-state index in [1.807, 2.05) is 0 Å². The Morgan fingerprint density at radius 2 is 0.603 bits per heavy atom. The minimum absolute atomic E-state index is 1.11. The van der Waals surface area contributed by atoms with Crippen LogP contribution in [0.2, 0.25) is 0 Å².